The fourth-order valence-electron chi connectivity index (χ4n) is 3.91. The van der Waals surface area contributed by atoms with E-state index in [1.54, 1.807) is 0 Å². The smallest absolute Gasteiger partial charge is 0.231 e. The van der Waals surface area contributed by atoms with Crippen LogP contribution in [0.25, 0.3) is 0 Å². The van der Waals surface area contributed by atoms with Crippen LogP contribution in [0.15, 0.2) is 24.3 Å². The third-order valence-electron chi connectivity index (χ3n) is 5.76. The molecule has 5 heteroatoms. The third kappa shape index (κ3) is 3.98. The number of carbonyl (C=O) groups is 1. The molecule has 0 radical (unpaired) electrons. The Morgan fingerprint density at radius 3 is 2.64 bits per heavy atom. The molecule has 1 fully saturated rings. The molecule has 25 heavy (non-hydrogen) atoms. The molecule has 0 aliphatic carbocycles. The summed E-state index contributed by atoms with van der Waals surface area (Å²) in [5, 5.41) is 3.17. The summed E-state index contributed by atoms with van der Waals surface area (Å²) in [5.74, 6) is 0.723. The number of carbonyl (C=O) groups excluding carboxylic acids is 1. The van der Waals surface area contributed by atoms with E-state index in [1.165, 1.54) is 12.8 Å². The van der Waals surface area contributed by atoms with Crippen molar-refractivity contribution in [3.63, 3.8) is 0 Å². The molecule has 5 nitrogen and oxygen atoms in total. The van der Waals surface area contributed by atoms with Crippen LogP contribution in [0.2, 0.25) is 0 Å². The van der Waals surface area contributed by atoms with Crippen molar-refractivity contribution >= 4 is 5.91 Å². The molecule has 1 amide bonds. The standard InChI is InChI=1S/C20H31N3O2/c1-20(2,23-11-9-15(10-12-23)22(3)4)14-21-19(24)17-13-25-18-8-6-5-7-16(17)18/h5-8,15,17H,9-14H2,1-4H3,(H,21,24)/t17-/m1/s1. The van der Waals surface area contributed by atoms with Gasteiger partial charge in [-0.05, 0) is 46.9 Å². The summed E-state index contributed by atoms with van der Waals surface area (Å²) in [6.45, 7) is 7.73. The van der Waals surface area contributed by atoms with Crippen molar-refractivity contribution in [1.29, 1.82) is 0 Å². The number of rotatable bonds is 5. The zero-order valence-corrected chi connectivity index (χ0v) is 15.9. The van der Waals surface area contributed by atoms with Crippen LogP contribution in [-0.2, 0) is 4.79 Å². The van der Waals surface area contributed by atoms with E-state index >= 15 is 0 Å². The van der Waals surface area contributed by atoms with E-state index in [1.807, 2.05) is 24.3 Å². The molecule has 2 aliphatic heterocycles. The van der Waals surface area contributed by atoms with E-state index in [0.29, 0.717) is 19.2 Å². The maximum Gasteiger partial charge on any atom is 0.231 e. The largest absolute Gasteiger partial charge is 0.492 e. The molecule has 1 aromatic rings. The number of para-hydroxylation sites is 1. The second-order valence-corrected chi connectivity index (χ2v) is 8.11. The number of hydrogen-bond acceptors (Lipinski definition) is 4. The van der Waals surface area contributed by atoms with E-state index in [4.69, 9.17) is 4.74 Å². The van der Waals surface area contributed by atoms with Crippen LogP contribution >= 0.6 is 0 Å². The van der Waals surface area contributed by atoms with Crippen LogP contribution in [0.5, 0.6) is 5.75 Å². The number of nitrogens with one attached hydrogen (secondary N) is 1. The van der Waals surface area contributed by atoms with Crippen LogP contribution in [0.4, 0.5) is 0 Å². The lowest BCUT2D eigenvalue weighted by atomic mass is 9.95. The molecule has 1 N–H and O–H groups in total. The Morgan fingerprint density at radius 1 is 1.28 bits per heavy atom. The highest BCUT2D eigenvalue weighted by Gasteiger charge is 2.34. The van der Waals surface area contributed by atoms with Gasteiger partial charge < -0.3 is 15.0 Å². The summed E-state index contributed by atoms with van der Waals surface area (Å²) in [6.07, 6.45) is 2.38. The number of benzene rings is 1. The van der Waals surface area contributed by atoms with Gasteiger partial charge in [0.15, 0.2) is 0 Å². The summed E-state index contributed by atoms with van der Waals surface area (Å²) >= 11 is 0. The predicted octanol–water partition coefficient (Wildman–Crippen LogP) is 2.08. The molecule has 138 valence electrons. The maximum absolute atomic E-state index is 12.7. The van der Waals surface area contributed by atoms with Crippen molar-refractivity contribution < 1.29 is 9.53 Å². The Labute approximate surface area is 151 Å². The van der Waals surface area contributed by atoms with Crippen molar-refractivity contribution in [2.24, 2.45) is 0 Å². The minimum Gasteiger partial charge on any atom is -0.492 e. The Morgan fingerprint density at radius 2 is 1.96 bits per heavy atom. The van der Waals surface area contributed by atoms with E-state index in [0.717, 1.165) is 24.4 Å². The molecule has 2 heterocycles. The first-order valence-corrected chi connectivity index (χ1v) is 9.29. The van der Waals surface area contributed by atoms with Gasteiger partial charge >= 0.3 is 0 Å². The first kappa shape index (κ1) is 18.2. The van der Waals surface area contributed by atoms with Gasteiger partial charge in [-0.25, -0.2) is 0 Å². The number of ether oxygens (including phenoxy) is 1. The zero-order valence-electron chi connectivity index (χ0n) is 15.9. The average molecular weight is 345 g/mol. The molecule has 1 aromatic carbocycles. The number of piperidine rings is 1. The number of hydrogen-bond donors (Lipinski definition) is 1. The molecular formula is C20H31N3O2. The molecule has 3 rings (SSSR count). The monoisotopic (exact) mass is 345 g/mol. The van der Waals surface area contributed by atoms with Gasteiger partial charge in [0.2, 0.25) is 5.91 Å². The second kappa shape index (κ2) is 7.34. The normalized spacial score (nSPS) is 21.9. The van der Waals surface area contributed by atoms with Crippen molar-refractivity contribution in [2.45, 2.75) is 44.2 Å². The SMILES string of the molecule is CN(C)C1CCN(C(C)(C)CNC(=O)[C@@H]2COc3ccccc32)CC1. The van der Waals surface area contributed by atoms with E-state index in [-0.39, 0.29) is 17.4 Å². The Bertz CT molecular complexity index is 607. The summed E-state index contributed by atoms with van der Waals surface area (Å²) in [6, 6.07) is 8.51. The topological polar surface area (TPSA) is 44.8 Å². The summed E-state index contributed by atoms with van der Waals surface area (Å²) in [7, 11) is 4.32. The third-order valence-corrected chi connectivity index (χ3v) is 5.76. The van der Waals surface area contributed by atoms with E-state index in [9.17, 15) is 4.79 Å². The number of likely N-dealkylation sites (tertiary alicyclic amines) is 1. The Hall–Kier alpha value is -1.59. The van der Waals surface area contributed by atoms with Crippen LogP contribution in [0.1, 0.15) is 38.2 Å². The number of fused-ring (bicyclic) bond motifs is 1. The zero-order chi connectivity index (χ0) is 18.0. The van der Waals surface area contributed by atoms with Gasteiger partial charge in [0.05, 0.1) is 0 Å². The quantitative estimate of drug-likeness (QED) is 0.887. The lowest BCUT2D eigenvalue weighted by Crippen LogP contribution is -2.56. The van der Waals surface area contributed by atoms with Gasteiger partial charge in [0.1, 0.15) is 18.3 Å². The Balaban J connectivity index is 1.53. The minimum atomic E-state index is -0.188. The molecule has 2 aliphatic rings. The second-order valence-electron chi connectivity index (χ2n) is 8.11. The molecule has 0 spiro atoms. The van der Waals surface area contributed by atoms with Crippen molar-refractivity contribution in [3.8, 4) is 5.75 Å². The highest BCUT2D eigenvalue weighted by molar-refractivity contribution is 5.85. The lowest BCUT2D eigenvalue weighted by Gasteiger charge is -2.44. The molecule has 0 saturated carbocycles. The molecule has 0 aromatic heterocycles. The molecule has 1 atom stereocenters. The first-order valence-electron chi connectivity index (χ1n) is 9.29. The fraction of sp³-hybridized carbons (Fsp3) is 0.650. The highest BCUT2D eigenvalue weighted by Crippen LogP contribution is 2.33. The van der Waals surface area contributed by atoms with Gasteiger partial charge in [-0.2, -0.15) is 0 Å². The summed E-state index contributed by atoms with van der Waals surface area (Å²) < 4.78 is 5.64. The average Bonchev–Trinajstić information content (AvgIpc) is 3.04. The van der Waals surface area contributed by atoms with Crippen molar-refractivity contribution in [3.05, 3.63) is 29.8 Å². The fourth-order valence-corrected chi connectivity index (χ4v) is 3.91. The highest BCUT2D eigenvalue weighted by atomic mass is 16.5. The van der Waals surface area contributed by atoms with Gasteiger partial charge in [0.25, 0.3) is 0 Å². The van der Waals surface area contributed by atoms with E-state index < -0.39 is 0 Å². The van der Waals surface area contributed by atoms with Crippen LogP contribution in [0.3, 0.4) is 0 Å². The van der Waals surface area contributed by atoms with Crippen LogP contribution in [0, 0.1) is 0 Å². The molecular weight excluding hydrogens is 314 g/mol. The lowest BCUT2D eigenvalue weighted by molar-refractivity contribution is -0.123. The summed E-state index contributed by atoms with van der Waals surface area (Å²) in [4.78, 5) is 17.5. The maximum atomic E-state index is 12.7. The minimum absolute atomic E-state index is 0.0358. The van der Waals surface area contributed by atoms with Gasteiger partial charge in [-0.3, -0.25) is 9.69 Å². The summed E-state index contributed by atoms with van der Waals surface area (Å²) in [5.41, 5.74) is 0.968. The van der Waals surface area contributed by atoms with Gasteiger partial charge in [-0.1, -0.05) is 18.2 Å². The van der Waals surface area contributed by atoms with Crippen molar-refractivity contribution in [2.75, 3.05) is 40.3 Å². The van der Waals surface area contributed by atoms with Crippen LogP contribution < -0.4 is 10.1 Å². The number of amides is 1. The van der Waals surface area contributed by atoms with Crippen LogP contribution in [-0.4, -0.2) is 67.6 Å². The number of nitrogens with zero attached hydrogens (tertiary/aromatic N) is 2. The van der Waals surface area contributed by atoms with Gasteiger partial charge in [0, 0.05) is 36.8 Å². The van der Waals surface area contributed by atoms with Gasteiger partial charge in [-0.15, -0.1) is 0 Å². The molecule has 0 unspecified atom stereocenters. The predicted molar refractivity (Wildman–Crippen MR) is 100 cm³/mol. The molecule has 0 bridgehead atoms. The Kier molecular flexibility index (Phi) is 5.35. The molecule has 1 saturated heterocycles. The first-order chi connectivity index (χ1) is 11.9. The van der Waals surface area contributed by atoms with Crippen molar-refractivity contribution in [1.82, 2.24) is 15.1 Å². The van der Waals surface area contributed by atoms with E-state index in [2.05, 4.69) is 43.1 Å².